The Bertz CT molecular complexity index is 353. The van der Waals surface area contributed by atoms with Crippen molar-refractivity contribution in [2.24, 2.45) is 0 Å². The smallest absolute Gasteiger partial charge is 0.265 e. The number of nitrogens with zero attached hydrogens (tertiary/aromatic N) is 2. The van der Waals surface area contributed by atoms with Gasteiger partial charge < -0.3 is 9.88 Å². The van der Waals surface area contributed by atoms with Crippen LogP contribution in [0.4, 0.5) is 0 Å². The summed E-state index contributed by atoms with van der Waals surface area (Å²) in [5.74, 6) is 0.944. The molecule has 0 bridgehead atoms. The fourth-order valence-corrected chi connectivity index (χ4v) is 2.55. The van der Waals surface area contributed by atoms with E-state index < -0.39 is 0 Å². The van der Waals surface area contributed by atoms with Crippen molar-refractivity contribution in [3.8, 4) is 0 Å². The molecule has 4 nitrogen and oxygen atoms in total. The summed E-state index contributed by atoms with van der Waals surface area (Å²) in [6.45, 7) is 0.981. The summed E-state index contributed by atoms with van der Waals surface area (Å²) in [5, 5.41) is 0.816. The van der Waals surface area contributed by atoms with Gasteiger partial charge >= 0.3 is 0 Å². The first-order valence-electron chi connectivity index (χ1n) is 4.12. The Kier molecular flexibility index (Phi) is 4.90. The Morgan fingerprint density at radius 3 is 3.00 bits per heavy atom. The van der Waals surface area contributed by atoms with Crippen LogP contribution < -0.4 is 5.56 Å². The molecule has 0 saturated carbocycles. The zero-order valence-electron chi connectivity index (χ0n) is 8.08. The third-order valence-electron chi connectivity index (χ3n) is 1.54. The van der Waals surface area contributed by atoms with Crippen LogP contribution in [-0.2, 0) is 0 Å². The lowest BCUT2D eigenvalue weighted by atomic mass is 10.7. The first-order valence-corrected chi connectivity index (χ1v) is 6.18. The standard InChI is InChI=1S/C8H12IN3OS/c1-12(2)3-4-14-8-6(9)7(13)10-5-11-8/h5H,3-4H2,1-2H3,(H,10,11,13). The number of hydrogen-bond acceptors (Lipinski definition) is 4. The van der Waals surface area contributed by atoms with Crippen LogP contribution in [-0.4, -0.2) is 41.3 Å². The van der Waals surface area contributed by atoms with Crippen molar-refractivity contribution in [2.45, 2.75) is 5.03 Å². The average molecular weight is 325 g/mol. The Morgan fingerprint density at radius 1 is 1.64 bits per heavy atom. The minimum atomic E-state index is -0.0621. The number of aromatic nitrogens is 2. The third kappa shape index (κ3) is 3.58. The van der Waals surface area contributed by atoms with Gasteiger partial charge in [-0.15, -0.1) is 11.8 Å². The summed E-state index contributed by atoms with van der Waals surface area (Å²) in [7, 11) is 4.05. The molecule has 0 saturated heterocycles. The lowest BCUT2D eigenvalue weighted by molar-refractivity contribution is 0.437. The van der Waals surface area contributed by atoms with Gasteiger partial charge in [0.2, 0.25) is 0 Å². The molecule has 1 aromatic rings. The molecule has 0 aliphatic carbocycles. The summed E-state index contributed by atoms with van der Waals surface area (Å²) in [5.41, 5.74) is -0.0621. The highest BCUT2D eigenvalue weighted by Gasteiger charge is 2.05. The van der Waals surface area contributed by atoms with Crippen LogP contribution >= 0.6 is 34.4 Å². The van der Waals surface area contributed by atoms with E-state index in [-0.39, 0.29) is 5.56 Å². The van der Waals surface area contributed by atoms with E-state index in [0.29, 0.717) is 3.57 Å². The fraction of sp³-hybridized carbons (Fsp3) is 0.500. The van der Waals surface area contributed by atoms with Gasteiger partial charge in [-0.3, -0.25) is 4.79 Å². The number of H-pyrrole nitrogens is 1. The minimum Gasteiger partial charge on any atom is -0.312 e. The van der Waals surface area contributed by atoms with E-state index in [1.54, 1.807) is 11.8 Å². The van der Waals surface area contributed by atoms with Crippen molar-refractivity contribution in [2.75, 3.05) is 26.4 Å². The molecule has 1 N–H and O–H groups in total. The molecule has 0 radical (unpaired) electrons. The van der Waals surface area contributed by atoms with E-state index in [0.717, 1.165) is 17.3 Å². The van der Waals surface area contributed by atoms with Gasteiger partial charge in [0, 0.05) is 12.3 Å². The van der Waals surface area contributed by atoms with Crippen molar-refractivity contribution in [3.05, 3.63) is 20.3 Å². The second-order valence-corrected chi connectivity index (χ2v) is 5.16. The van der Waals surface area contributed by atoms with Crippen molar-refractivity contribution in [3.63, 3.8) is 0 Å². The summed E-state index contributed by atoms with van der Waals surface area (Å²) in [6.07, 6.45) is 1.45. The first-order chi connectivity index (χ1) is 6.61. The van der Waals surface area contributed by atoms with Gasteiger partial charge in [-0.1, -0.05) is 0 Å². The maximum atomic E-state index is 11.2. The average Bonchev–Trinajstić information content (AvgIpc) is 2.12. The molecule has 1 aromatic heterocycles. The Balaban J connectivity index is 2.59. The molecule has 0 fully saturated rings. The molecule has 6 heteroatoms. The summed E-state index contributed by atoms with van der Waals surface area (Å²) in [4.78, 5) is 20.0. The molecular weight excluding hydrogens is 313 g/mol. The summed E-state index contributed by atoms with van der Waals surface area (Å²) >= 11 is 3.63. The minimum absolute atomic E-state index is 0.0621. The normalized spacial score (nSPS) is 10.9. The van der Waals surface area contributed by atoms with Crippen LogP contribution in [0.15, 0.2) is 16.1 Å². The Hall–Kier alpha value is -0.0800. The molecule has 78 valence electrons. The van der Waals surface area contributed by atoms with Gasteiger partial charge in [0.1, 0.15) is 8.60 Å². The third-order valence-corrected chi connectivity index (χ3v) is 3.88. The highest BCUT2D eigenvalue weighted by atomic mass is 127. The SMILES string of the molecule is CN(C)CCSc1nc[nH]c(=O)c1I. The number of hydrogen-bond donors (Lipinski definition) is 1. The highest BCUT2D eigenvalue weighted by Crippen LogP contribution is 2.17. The maximum absolute atomic E-state index is 11.2. The number of thioether (sulfide) groups is 1. The van der Waals surface area contributed by atoms with Crippen molar-refractivity contribution >= 4 is 34.4 Å². The highest BCUT2D eigenvalue weighted by molar-refractivity contribution is 14.1. The van der Waals surface area contributed by atoms with Crippen LogP contribution in [0.3, 0.4) is 0 Å². The molecule has 0 aliphatic heterocycles. The van der Waals surface area contributed by atoms with E-state index in [4.69, 9.17) is 0 Å². The molecule has 0 aliphatic rings. The molecule has 1 heterocycles. The second kappa shape index (κ2) is 5.72. The van der Waals surface area contributed by atoms with Gasteiger partial charge in [0.05, 0.1) is 6.33 Å². The zero-order valence-corrected chi connectivity index (χ0v) is 11.1. The molecule has 1 rings (SSSR count). The molecule has 0 aromatic carbocycles. The van der Waals surface area contributed by atoms with E-state index in [1.165, 1.54) is 6.33 Å². The van der Waals surface area contributed by atoms with Crippen molar-refractivity contribution < 1.29 is 0 Å². The van der Waals surface area contributed by atoms with Gasteiger partial charge in [-0.25, -0.2) is 4.98 Å². The maximum Gasteiger partial charge on any atom is 0.265 e. The molecule has 0 spiro atoms. The Labute approximate surface area is 101 Å². The summed E-state index contributed by atoms with van der Waals surface area (Å²) in [6, 6.07) is 0. The number of aromatic amines is 1. The first kappa shape index (κ1) is 12.0. The van der Waals surface area contributed by atoms with Gasteiger partial charge in [0.25, 0.3) is 5.56 Å². The largest absolute Gasteiger partial charge is 0.312 e. The molecule has 14 heavy (non-hydrogen) atoms. The van der Waals surface area contributed by atoms with Crippen molar-refractivity contribution in [1.82, 2.24) is 14.9 Å². The number of rotatable bonds is 4. The van der Waals surface area contributed by atoms with E-state index in [9.17, 15) is 4.79 Å². The van der Waals surface area contributed by atoms with Crippen LogP contribution in [0.1, 0.15) is 0 Å². The molecular formula is C8H12IN3OS. The quantitative estimate of drug-likeness (QED) is 0.510. The van der Waals surface area contributed by atoms with Gasteiger partial charge in [0.15, 0.2) is 0 Å². The fourth-order valence-electron chi connectivity index (χ4n) is 0.792. The van der Waals surface area contributed by atoms with E-state index >= 15 is 0 Å². The monoisotopic (exact) mass is 325 g/mol. The number of halogens is 1. The lowest BCUT2D eigenvalue weighted by Gasteiger charge is -2.08. The zero-order chi connectivity index (χ0) is 10.6. The topological polar surface area (TPSA) is 49.0 Å². The van der Waals surface area contributed by atoms with Crippen molar-refractivity contribution in [1.29, 1.82) is 0 Å². The van der Waals surface area contributed by atoms with Crippen LogP contribution in [0.25, 0.3) is 0 Å². The number of nitrogens with one attached hydrogen (secondary N) is 1. The molecule has 0 unspecified atom stereocenters. The molecule has 0 atom stereocenters. The Morgan fingerprint density at radius 2 is 2.36 bits per heavy atom. The van der Waals surface area contributed by atoms with Crippen LogP contribution in [0.2, 0.25) is 0 Å². The van der Waals surface area contributed by atoms with Gasteiger partial charge in [-0.05, 0) is 36.7 Å². The molecule has 0 amide bonds. The predicted molar refractivity (Wildman–Crippen MR) is 66.9 cm³/mol. The van der Waals surface area contributed by atoms with E-state index in [1.807, 2.05) is 36.7 Å². The lowest BCUT2D eigenvalue weighted by Crippen LogP contribution is -2.16. The van der Waals surface area contributed by atoms with E-state index in [2.05, 4.69) is 14.9 Å². The van der Waals surface area contributed by atoms with Crippen LogP contribution in [0, 0.1) is 3.57 Å². The van der Waals surface area contributed by atoms with Crippen LogP contribution in [0.5, 0.6) is 0 Å². The predicted octanol–water partition coefficient (Wildman–Crippen LogP) is 1.03. The second-order valence-electron chi connectivity index (χ2n) is 3.00. The van der Waals surface area contributed by atoms with Gasteiger partial charge in [-0.2, -0.15) is 0 Å². The summed E-state index contributed by atoms with van der Waals surface area (Å²) < 4.78 is 0.675.